The second-order valence-electron chi connectivity index (χ2n) is 7.08. The average molecular weight is 445 g/mol. The molecule has 7 heteroatoms. The molecule has 1 aliphatic heterocycles. The molecule has 1 heterocycles. The summed E-state index contributed by atoms with van der Waals surface area (Å²) >= 11 is 1.29. The fraction of sp³-hybridized carbons (Fsp3) is 0.0800. The van der Waals surface area contributed by atoms with Crippen LogP contribution < -0.4 is 4.74 Å². The Morgan fingerprint density at radius 3 is 2.41 bits per heavy atom. The van der Waals surface area contributed by atoms with Crippen molar-refractivity contribution >= 4 is 40.6 Å². The van der Waals surface area contributed by atoms with Crippen LogP contribution in [0.3, 0.4) is 0 Å². The molecule has 1 fully saturated rings. The first-order chi connectivity index (χ1) is 15.4. The van der Waals surface area contributed by atoms with Crippen LogP contribution in [0.15, 0.2) is 82.7 Å². The minimum absolute atomic E-state index is 0.134. The van der Waals surface area contributed by atoms with E-state index in [0.717, 1.165) is 22.4 Å². The number of hydrogen-bond acceptors (Lipinski definition) is 5. The lowest BCUT2D eigenvalue weighted by Crippen LogP contribution is -2.23. The Morgan fingerprint density at radius 2 is 1.75 bits per heavy atom. The molecular formula is C25H20N2O4S. The summed E-state index contributed by atoms with van der Waals surface area (Å²) in [5.41, 5.74) is 3.78. The molecule has 1 saturated heterocycles. The van der Waals surface area contributed by atoms with Gasteiger partial charge in [0.25, 0.3) is 5.91 Å². The van der Waals surface area contributed by atoms with Gasteiger partial charge >= 0.3 is 5.97 Å². The average Bonchev–Trinajstić information content (AvgIpc) is 3.07. The molecule has 1 amide bonds. The first-order valence-corrected chi connectivity index (χ1v) is 10.6. The summed E-state index contributed by atoms with van der Waals surface area (Å²) in [4.78, 5) is 30.3. The zero-order valence-electron chi connectivity index (χ0n) is 17.5. The van der Waals surface area contributed by atoms with Crippen molar-refractivity contribution in [2.24, 2.45) is 4.99 Å². The first kappa shape index (κ1) is 21.4. The molecule has 0 unspecified atom stereocenters. The fourth-order valence-corrected chi connectivity index (χ4v) is 4.17. The summed E-state index contributed by atoms with van der Waals surface area (Å²) < 4.78 is 5.22. The van der Waals surface area contributed by atoms with Crippen molar-refractivity contribution < 1.29 is 19.4 Å². The predicted molar refractivity (Wildman–Crippen MR) is 127 cm³/mol. The Labute approximate surface area is 189 Å². The van der Waals surface area contributed by atoms with Crippen molar-refractivity contribution in [3.63, 3.8) is 0 Å². The third-order valence-electron chi connectivity index (χ3n) is 4.95. The van der Waals surface area contributed by atoms with E-state index in [1.165, 1.54) is 28.8 Å². The maximum Gasteiger partial charge on any atom is 0.335 e. The minimum Gasteiger partial charge on any atom is -0.497 e. The minimum atomic E-state index is -0.992. The standard InChI is InChI=1S/C25H20N2O4S/c1-27-23(28)22(32-25(27)26-20-10-6-18(7-11-20)24(29)30)15-16-4-3-5-19(14-16)17-8-12-21(31-2)13-9-17/h3-15H,1-2H3,(H,29,30). The number of hydrogen-bond donors (Lipinski definition) is 1. The highest BCUT2D eigenvalue weighted by Crippen LogP contribution is 2.34. The Morgan fingerprint density at radius 1 is 1.03 bits per heavy atom. The lowest BCUT2D eigenvalue weighted by Gasteiger charge is -2.07. The summed E-state index contributed by atoms with van der Waals surface area (Å²) in [6, 6.07) is 22.0. The zero-order valence-corrected chi connectivity index (χ0v) is 18.3. The molecule has 160 valence electrons. The van der Waals surface area contributed by atoms with Crippen LogP contribution in [0.25, 0.3) is 17.2 Å². The van der Waals surface area contributed by atoms with E-state index in [-0.39, 0.29) is 11.5 Å². The topological polar surface area (TPSA) is 79.2 Å². The molecular weight excluding hydrogens is 424 g/mol. The number of benzene rings is 3. The number of aromatic carboxylic acids is 1. The van der Waals surface area contributed by atoms with Gasteiger partial charge in [-0.05, 0) is 77.0 Å². The van der Waals surface area contributed by atoms with E-state index in [2.05, 4.69) is 4.99 Å². The number of ether oxygens (including phenoxy) is 1. The molecule has 0 saturated carbocycles. The molecule has 1 N–H and O–H groups in total. The third-order valence-corrected chi connectivity index (χ3v) is 6.01. The van der Waals surface area contributed by atoms with Crippen LogP contribution in [0.2, 0.25) is 0 Å². The van der Waals surface area contributed by atoms with Crippen molar-refractivity contribution in [1.82, 2.24) is 4.90 Å². The first-order valence-electron chi connectivity index (χ1n) is 9.79. The van der Waals surface area contributed by atoms with E-state index in [4.69, 9.17) is 9.84 Å². The maximum atomic E-state index is 12.7. The molecule has 32 heavy (non-hydrogen) atoms. The normalized spacial score (nSPS) is 16.1. The molecule has 4 rings (SSSR count). The van der Waals surface area contributed by atoms with Crippen LogP contribution in [0, 0.1) is 0 Å². The number of likely N-dealkylation sites (N-methyl/N-ethyl adjacent to an activating group) is 1. The number of aliphatic imine (C=N–C) groups is 1. The second kappa shape index (κ2) is 9.11. The van der Waals surface area contributed by atoms with E-state index < -0.39 is 5.97 Å². The van der Waals surface area contributed by atoms with Gasteiger partial charge in [0.1, 0.15) is 5.75 Å². The molecule has 0 aliphatic carbocycles. The number of carboxylic acid groups (broad SMARTS) is 1. The van der Waals surface area contributed by atoms with E-state index in [9.17, 15) is 9.59 Å². The Bertz CT molecular complexity index is 1230. The van der Waals surface area contributed by atoms with E-state index in [1.54, 1.807) is 26.3 Å². The van der Waals surface area contributed by atoms with Crippen molar-refractivity contribution in [2.75, 3.05) is 14.2 Å². The highest BCUT2D eigenvalue weighted by atomic mass is 32.2. The van der Waals surface area contributed by atoms with Gasteiger partial charge < -0.3 is 9.84 Å². The lowest BCUT2D eigenvalue weighted by atomic mass is 10.0. The lowest BCUT2D eigenvalue weighted by molar-refractivity contribution is -0.121. The summed E-state index contributed by atoms with van der Waals surface area (Å²) in [7, 11) is 3.31. The van der Waals surface area contributed by atoms with Crippen LogP contribution in [-0.4, -0.2) is 41.2 Å². The van der Waals surface area contributed by atoms with Gasteiger partial charge in [0, 0.05) is 7.05 Å². The predicted octanol–water partition coefficient (Wildman–Crippen LogP) is 5.29. The SMILES string of the molecule is COc1ccc(-c2cccc(C=C3SC(=Nc4ccc(C(=O)O)cc4)N(C)C3=O)c2)cc1. The van der Waals surface area contributed by atoms with Gasteiger partial charge in [0.2, 0.25) is 0 Å². The number of thioether (sulfide) groups is 1. The molecule has 0 aromatic heterocycles. The van der Waals surface area contributed by atoms with Crippen LogP contribution in [0.1, 0.15) is 15.9 Å². The van der Waals surface area contributed by atoms with Gasteiger partial charge in [-0.15, -0.1) is 0 Å². The molecule has 3 aromatic rings. The Balaban J connectivity index is 1.58. The largest absolute Gasteiger partial charge is 0.497 e. The van der Waals surface area contributed by atoms with Crippen molar-refractivity contribution in [3.8, 4) is 16.9 Å². The number of amides is 1. The fourth-order valence-electron chi connectivity index (χ4n) is 3.18. The molecule has 3 aromatic carbocycles. The summed E-state index contributed by atoms with van der Waals surface area (Å²) in [6.07, 6.45) is 1.85. The van der Waals surface area contributed by atoms with Crippen LogP contribution in [-0.2, 0) is 4.79 Å². The number of nitrogens with zero attached hydrogens (tertiary/aromatic N) is 2. The monoisotopic (exact) mass is 444 g/mol. The third kappa shape index (κ3) is 4.58. The van der Waals surface area contributed by atoms with Crippen molar-refractivity contribution in [2.45, 2.75) is 0 Å². The highest BCUT2D eigenvalue weighted by molar-refractivity contribution is 8.18. The van der Waals surface area contributed by atoms with E-state index >= 15 is 0 Å². The number of rotatable bonds is 5. The molecule has 0 bridgehead atoms. The zero-order chi connectivity index (χ0) is 22.7. The number of methoxy groups -OCH3 is 1. The van der Waals surface area contributed by atoms with Crippen molar-refractivity contribution in [1.29, 1.82) is 0 Å². The summed E-state index contributed by atoms with van der Waals surface area (Å²) in [5.74, 6) is -0.327. The molecule has 0 spiro atoms. The van der Waals surface area contributed by atoms with E-state index in [1.807, 2.05) is 54.6 Å². The second-order valence-corrected chi connectivity index (χ2v) is 8.08. The van der Waals surface area contributed by atoms with Gasteiger partial charge in [0.15, 0.2) is 5.17 Å². The maximum absolute atomic E-state index is 12.7. The highest BCUT2D eigenvalue weighted by Gasteiger charge is 2.30. The Kier molecular flexibility index (Phi) is 6.09. The van der Waals surface area contributed by atoms with Crippen LogP contribution >= 0.6 is 11.8 Å². The number of amidine groups is 1. The molecule has 1 aliphatic rings. The molecule has 6 nitrogen and oxygen atoms in total. The molecule has 0 radical (unpaired) electrons. The van der Waals surface area contributed by atoms with Crippen LogP contribution in [0.5, 0.6) is 5.75 Å². The van der Waals surface area contributed by atoms with Gasteiger partial charge in [-0.3, -0.25) is 9.69 Å². The number of carbonyl (C=O) groups is 2. The summed E-state index contributed by atoms with van der Waals surface area (Å²) in [6.45, 7) is 0. The number of carboxylic acids is 1. The smallest absolute Gasteiger partial charge is 0.335 e. The van der Waals surface area contributed by atoms with Gasteiger partial charge in [0.05, 0.1) is 23.3 Å². The van der Waals surface area contributed by atoms with E-state index in [0.29, 0.717) is 15.8 Å². The molecule has 0 atom stereocenters. The Hall–Kier alpha value is -3.84. The van der Waals surface area contributed by atoms with Crippen molar-refractivity contribution in [3.05, 3.63) is 88.8 Å². The van der Waals surface area contributed by atoms with Crippen LogP contribution in [0.4, 0.5) is 5.69 Å². The summed E-state index contributed by atoms with van der Waals surface area (Å²) in [5, 5.41) is 9.56. The van der Waals surface area contributed by atoms with Gasteiger partial charge in [-0.1, -0.05) is 30.3 Å². The van der Waals surface area contributed by atoms with Gasteiger partial charge in [-0.25, -0.2) is 9.79 Å². The quantitative estimate of drug-likeness (QED) is 0.541. The number of carbonyl (C=O) groups excluding carboxylic acids is 1. The van der Waals surface area contributed by atoms with Gasteiger partial charge in [-0.2, -0.15) is 0 Å².